The molecule has 34 heavy (non-hydrogen) atoms. The molecule has 1 atom stereocenters. The Hall–Kier alpha value is -3.91. The second kappa shape index (κ2) is 9.93. The van der Waals surface area contributed by atoms with Crippen LogP contribution in [0.15, 0.2) is 94.4 Å². The molecular weight excluding hydrogens is 454 g/mol. The van der Waals surface area contributed by atoms with Crippen molar-refractivity contribution in [1.82, 2.24) is 5.32 Å². The third kappa shape index (κ3) is 5.71. The van der Waals surface area contributed by atoms with E-state index >= 15 is 0 Å². The largest absolute Gasteiger partial charge is 0.464 e. The van der Waals surface area contributed by atoms with Gasteiger partial charge in [-0.05, 0) is 41.5 Å². The van der Waals surface area contributed by atoms with E-state index in [1.807, 2.05) is 30.3 Å². The zero-order valence-electron chi connectivity index (χ0n) is 18.4. The van der Waals surface area contributed by atoms with Crippen LogP contribution in [0.4, 0.5) is 0 Å². The van der Waals surface area contributed by atoms with Gasteiger partial charge in [0.1, 0.15) is 18.2 Å². The number of rotatable bonds is 8. The van der Waals surface area contributed by atoms with Crippen molar-refractivity contribution in [2.45, 2.75) is 24.0 Å². The highest BCUT2D eigenvalue weighted by Crippen LogP contribution is 2.18. The van der Waals surface area contributed by atoms with E-state index in [9.17, 15) is 18.0 Å². The molecule has 0 unspecified atom stereocenters. The van der Waals surface area contributed by atoms with Crippen molar-refractivity contribution in [3.05, 3.63) is 102 Å². The summed E-state index contributed by atoms with van der Waals surface area (Å²) in [6.45, 7) is 0.0494. The predicted octanol–water partition coefficient (Wildman–Crippen LogP) is 3.92. The molecule has 0 spiro atoms. The van der Waals surface area contributed by atoms with Crippen molar-refractivity contribution in [1.29, 1.82) is 0 Å². The molecular formula is C26H23NO6S. The number of hydrogen-bond donors (Lipinski definition) is 1. The quantitative estimate of drug-likeness (QED) is 0.386. The lowest BCUT2D eigenvalue weighted by Crippen LogP contribution is -2.43. The standard InChI is InChI=1S/C26H23NO6S/c1-34(30,31)22-9-5-8-19(14-22)15-23(26(29)33-17-18-6-3-2-4-7-18)27-25(28)21-11-10-20-12-13-32-24(20)16-21/h2-14,16,23H,15,17H2,1H3,(H,27,28)/t23-/m0/s1. The van der Waals surface area contributed by atoms with Crippen LogP contribution in [-0.4, -0.2) is 32.6 Å². The van der Waals surface area contributed by atoms with Crippen molar-refractivity contribution in [2.24, 2.45) is 0 Å². The topological polar surface area (TPSA) is 103 Å². The molecule has 174 valence electrons. The molecule has 1 aromatic heterocycles. The second-order valence-electron chi connectivity index (χ2n) is 7.92. The third-order valence-electron chi connectivity index (χ3n) is 5.30. The Morgan fingerprint density at radius 3 is 2.47 bits per heavy atom. The smallest absolute Gasteiger partial charge is 0.329 e. The van der Waals surface area contributed by atoms with E-state index in [1.54, 1.807) is 36.4 Å². The highest BCUT2D eigenvalue weighted by molar-refractivity contribution is 7.90. The van der Waals surface area contributed by atoms with Crippen molar-refractivity contribution < 1.29 is 27.2 Å². The molecule has 3 aromatic carbocycles. The number of carbonyl (C=O) groups excluding carboxylic acids is 2. The lowest BCUT2D eigenvalue weighted by atomic mass is 10.0. The summed E-state index contributed by atoms with van der Waals surface area (Å²) in [5.74, 6) is -1.10. The van der Waals surface area contributed by atoms with E-state index in [1.165, 1.54) is 18.4 Å². The van der Waals surface area contributed by atoms with Crippen molar-refractivity contribution >= 4 is 32.7 Å². The van der Waals surface area contributed by atoms with Crippen molar-refractivity contribution in [3.63, 3.8) is 0 Å². The lowest BCUT2D eigenvalue weighted by molar-refractivity contribution is -0.147. The van der Waals surface area contributed by atoms with Crippen LogP contribution in [0.3, 0.4) is 0 Å². The van der Waals surface area contributed by atoms with Gasteiger partial charge in [-0.2, -0.15) is 0 Å². The van der Waals surface area contributed by atoms with Crippen LogP contribution in [-0.2, 0) is 32.4 Å². The number of fused-ring (bicyclic) bond motifs is 1. The normalized spacial score (nSPS) is 12.3. The summed E-state index contributed by atoms with van der Waals surface area (Å²) in [5.41, 5.74) is 2.26. The number of esters is 1. The SMILES string of the molecule is CS(=O)(=O)c1cccc(C[C@H](NC(=O)c2ccc3ccoc3c2)C(=O)OCc2ccccc2)c1. The van der Waals surface area contributed by atoms with E-state index < -0.39 is 27.8 Å². The Morgan fingerprint density at radius 2 is 1.71 bits per heavy atom. The minimum absolute atomic E-state index is 0.0494. The van der Waals surface area contributed by atoms with Crippen LogP contribution in [0.2, 0.25) is 0 Å². The molecule has 0 aliphatic heterocycles. The van der Waals surface area contributed by atoms with Gasteiger partial charge in [-0.15, -0.1) is 0 Å². The number of hydrogen-bond acceptors (Lipinski definition) is 6. The van der Waals surface area contributed by atoms with E-state index in [4.69, 9.17) is 9.15 Å². The van der Waals surface area contributed by atoms with E-state index in [-0.39, 0.29) is 17.9 Å². The fourth-order valence-electron chi connectivity index (χ4n) is 3.50. The summed E-state index contributed by atoms with van der Waals surface area (Å²) in [5, 5.41) is 3.58. The molecule has 8 heteroatoms. The summed E-state index contributed by atoms with van der Waals surface area (Å²) < 4.78 is 34.7. The lowest BCUT2D eigenvalue weighted by Gasteiger charge is -2.18. The first kappa shape index (κ1) is 23.3. The van der Waals surface area contributed by atoms with Gasteiger partial charge < -0.3 is 14.5 Å². The molecule has 0 radical (unpaired) electrons. The molecule has 0 saturated heterocycles. The van der Waals surface area contributed by atoms with Gasteiger partial charge in [0.15, 0.2) is 9.84 Å². The maximum absolute atomic E-state index is 13.0. The maximum Gasteiger partial charge on any atom is 0.329 e. The minimum Gasteiger partial charge on any atom is -0.464 e. The van der Waals surface area contributed by atoms with Gasteiger partial charge in [-0.1, -0.05) is 48.5 Å². The minimum atomic E-state index is -3.42. The van der Waals surface area contributed by atoms with Gasteiger partial charge in [-0.25, -0.2) is 13.2 Å². The molecule has 1 amide bonds. The zero-order chi connectivity index (χ0) is 24.1. The number of amides is 1. The molecule has 0 bridgehead atoms. The third-order valence-corrected chi connectivity index (χ3v) is 6.41. The van der Waals surface area contributed by atoms with Gasteiger partial charge >= 0.3 is 5.97 Å². The highest BCUT2D eigenvalue weighted by atomic mass is 32.2. The molecule has 0 aliphatic rings. The first-order valence-electron chi connectivity index (χ1n) is 10.6. The Labute approximate surface area is 197 Å². The first-order chi connectivity index (χ1) is 16.3. The van der Waals surface area contributed by atoms with Crippen LogP contribution in [0.25, 0.3) is 11.0 Å². The number of nitrogens with one attached hydrogen (secondary N) is 1. The Balaban J connectivity index is 1.56. The van der Waals surface area contributed by atoms with Gasteiger partial charge in [0, 0.05) is 23.6 Å². The summed E-state index contributed by atoms with van der Waals surface area (Å²) in [6, 6.07) is 21.2. The molecule has 7 nitrogen and oxygen atoms in total. The van der Waals surface area contributed by atoms with Gasteiger partial charge in [0.2, 0.25) is 0 Å². The first-order valence-corrected chi connectivity index (χ1v) is 12.5. The summed E-state index contributed by atoms with van der Waals surface area (Å²) in [6.07, 6.45) is 2.71. The van der Waals surface area contributed by atoms with Crippen LogP contribution < -0.4 is 5.32 Å². The molecule has 0 aliphatic carbocycles. The highest BCUT2D eigenvalue weighted by Gasteiger charge is 2.24. The monoisotopic (exact) mass is 477 g/mol. The van der Waals surface area contributed by atoms with E-state index in [2.05, 4.69) is 5.32 Å². The summed E-state index contributed by atoms with van der Waals surface area (Å²) >= 11 is 0. The number of ether oxygens (including phenoxy) is 1. The Bertz CT molecular complexity index is 1430. The Morgan fingerprint density at radius 1 is 0.941 bits per heavy atom. The molecule has 4 aromatic rings. The summed E-state index contributed by atoms with van der Waals surface area (Å²) in [7, 11) is -3.42. The Kier molecular flexibility index (Phi) is 6.79. The fraction of sp³-hybridized carbons (Fsp3) is 0.154. The van der Waals surface area contributed by atoms with Crippen LogP contribution >= 0.6 is 0 Å². The summed E-state index contributed by atoms with van der Waals surface area (Å²) in [4.78, 5) is 26.1. The number of carbonyl (C=O) groups is 2. The number of furan rings is 1. The fourth-order valence-corrected chi connectivity index (χ4v) is 4.19. The maximum atomic E-state index is 13.0. The predicted molar refractivity (Wildman–Crippen MR) is 127 cm³/mol. The zero-order valence-corrected chi connectivity index (χ0v) is 19.2. The molecule has 0 saturated carbocycles. The number of sulfone groups is 1. The van der Waals surface area contributed by atoms with Gasteiger partial charge in [0.05, 0.1) is 11.2 Å². The van der Waals surface area contributed by atoms with Crippen molar-refractivity contribution in [2.75, 3.05) is 6.26 Å². The van der Waals surface area contributed by atoms with Crippen molar-refractivity contribution in [3.8, 4) is 0 Å². The van der Waals surface area contributed by atoms with Crippen LogP contribution in [0.5, 0.6) is 0 Å². The average Bonchev–Trinajstić information content (AvgIpc) is 3.30. The molecule has 1 N–H and O–H groups in total. The van der Waals surface area contributed by atoms with Crippen LogP contribution in [0, 0.1) is 0 Å². The molecule has 1 heterocycles. The van der Waals surface area contributed by atoms with Gasteiger partial charge in [0.25, 0.3) is 5.91 Å². The van der Waals surface area contributed by atoms with Gasteiger partial charge in [-0.3, -0.25) is 4.79 Å². The molecule has 0 fully saturated rings. The van der Waals surface area contributed by atoms with E-state index in [0.29, 0.717) is 16.7 Å². The second-order valence-corrected chi connectivity index (χ2v) is 9.93. The van der Waals surface area contributed by atoms with Crippen LogP contribution in [0.1, 0.15) is 21.5 Å². The van der Waals surface area contributed by atoms with E-state index in [0.717, 1.165) is 17.2 Å². The number of benzene rings is 3. The average molecular weight is 478 g/mol. The molecule has 4 rings (SSSR count).